The van der Waals surface area contributed by atoms with Gasteiger partial charge in [-0.05, 0) is 23.8 Å². The molecule has 0 bridgehead atoms. The molecule has 0 unspecified atom stereocenters. The van der Waals surface area contributed by atoms with Crippen molar-refractivity contribution in [2.45, 2.75) is 6.61 Å². The summed E-state index contributed by atoms with van der Waals surface area (Å²) < 4.78 is 0. The molecule has 122 valence electrons. The van der Waals surface area contributed by atoms with Crippen LogP contribution in [-0.4, -0.2) is 17.6 Å². The molecule has 0 fully saturated rings. The average molecular weight is 357 g/mol. The summed E-state index contributed by atoms with van der Waals surface area (Å²) in [4.78, 5) is 24.7. The molecule has 0 aromatic heterocycles. The number of anilines is 1. The van der Waals surface area contributed by atoms with E-state index in [9.17, 15) is 9.59 Å². The third kappa shape index (κ3) is 8.67. The first-order valence-electron chi connectivity index (χ1n) is 6.32. The van der Waals surface area contributed by atoms with Crippen LogP contribution in [0.25, 0.3) is 0 Å². The van der Waals surface area contributed by atoms with Gasteiger partial charge in [-0.1, -0.05) is 53.5 Å². The number of carbonyl (C=O) groups is 2. The van der Waals surface area contributed by atoms with Crippen LogP contribution in [0, 0.1) is 0 Å². The Labute approximate surface area is 142 Å². The van der Waals surface area contributed by atoms with Crippen molar-refractivity contribution in [1.82, 2.24) is 5.48 Å². The lowest BCUT2D eigenvalue weighted by Gasteiger charge is -2.01. The molecule has 2 aromatic carbocycles. The zero-order valence-corrected chi connectivity index (χ0v) is 13.3. The van der Waals surface area contributed by atoms with E-state index in [2.05, 4.69) is 10.8 Å². The van der Waals surface area contributed by atoms with E-state index < -0.39 is 6.09 Å². The molecule has 0 saturated heterocycles. The number of hydrogen-bond donors (Lipinski definition) is 3. The Hall–Kier alpha value is -2.28. The predicted molar refractivity (Wildman–Crippen MR) is 88.5 cm³/mol. The Morgan fingerprint density at radius 1 is 1.13 bits per heavy atom. The fourth-order valence-corrected chi connectivity index (χ4v) is 2.01. The molecule has 2 rings (SSSR count). The van der Waals surface area contributed by atoms with Crippen molar-refractivity contribution in [3.63, 3.8) is 0 Å². The molecule has 0 saturated carbocycles. The molecule has 0 radical (unpaired) electrons. The molecule has 0 aliphatic carbocycles. The van der Waals surface area contributed by atoms with Crippen LogP contribution in [0.4, 0.5) is 10.5 Å². The standard InChI is InChI=1S/C8H9NO2.C7H5Cl2NO2/c10-7-9-11-6-8-4-2-1-3-5-8;8-4-1-5(9)3-6(2-4)10-7(11)12/h1-5,7H,6H2,(H,9,10);1-3,10H,(H,11,12). The van der Waals surface area contributed by atoms with Gasteiger partial charge in [-0.3, -0.25) is 14.9 Å². The molecular formula is C15H14Cl2N2O4. The summed E-state index contributed by atoms with van der Waals surface area (Å²) in [7, 11) is 0. The SMILES string of the molecule is O=C(O)Nc1cc(Cl)cc(Cl)c1.O=CNOCc1ccccc1. The number of benzene rings is 2. The van der Waals surface area contributed by atoms with Gasteiger partial charge in [0.2, 0.25) is 6.41 Å². The highest BCUT2D eigenvalue weighted by Crippen LogP contribution is 2.22. The predicted octanol–water partition coefficient (Wildman–Crippen LogP) is 3.95. The van der Waals surface area contributed by atoms with Gasteiger partial charge < -0.3 is 5.11 Å². The zero-order valence-electron chi connectivity index (χ0n) is 11.8. The van der Waals surface area contributed by atoms with Gasteiger partial charge in [-0.15, -0.1) is 0 Å². The smallest absolute Gasteiger partial charge is 0.409 e. The van der Waals surface area contributed by atoms with E-state index in [4.69, 9.17) is 33.1 Å². The van der Waals surface area contributed by atoms with Gasteiger partial charge in [-0.25, -0.2) is 10.3 Å². The number of rotatable bonds is 5. The summed E-state index contributed by atoms with van der Waals surface area (Å²) in [5, 5.41) is 11.3. The molecule has 0 spiro atoms. The lowest BCUT2D eigenvalue weighted by atomic mass is 10.2. The Bertz CT molecular complexity index is 618. The van der Waals surface area contributed by atoms with Crippen molar-refractivity contribution < 1.29 is 19.5 Å². The van der Waals surface area contributed by atoms with E-state index >= 15 is 0 Å². The van der Waals surface area contributed by atoms with E-state index in [0.717, 1.165) is 5.56 Å². The monoisotopic (exact) mass is 356 g/mol. The highest BCUT2D eigenvalue weighted by Gasteiger charge is 2.00. The minimum Gasteiger partial charge on any atom is -0.465 e. The summed E-state index contributed by atoms with van der Waals surface area (Å²) in [5.41, 5.74) is 3.51. The Morgan fingerprint density at radius 3 is 2.26 bits per heavy atom. The van der Waals surface area contributed by atoms with Crippen molar-refractivity contribution in [3.05, 3.63) is 64.1 Å². The lowest BCUT2D eigenvalue weighted by Crippen LogP contribution is -2.10. The fraction of sp³-hybridized carbons (Fsp3) is 0.0667. The normalized spacial score (nSPS) is 9.30. The van der Waals surface area contributed by atoms with E-state index in [0.29, 0.717) is 28.7 Å². The molecule has 0 atom stereocenters. The average Bonchev–Trinajstić information content (AvgIpc) is 2.47. The van der Waals surface area contributed by atoms with Gasteiger partial charge in [0.15, 0.2) is 0 Å². The first-order valence-corrected chi connectivity index (χ1v) is 7.08. The Balaban J connectivity index is 0.000000231. The third-order valence-corrected chi connectivity index (χ3v) is 2.76. The molecule has 6 nitrogen and oxygen atoms in total. The van der Waals surface area contributed by atoms with Crippen LogP contribution in [0.1, 0.15) is 5.56 Å². The van der Waals surface area contributed by atoms with Crippen molar-refractivity contribution in [3.8, 4) is 0 Å². The number of halogens is 2. The molecule has 2 aromatic rings. The van der Waals surface area contributed by atoms with Crippen molar-refractivity contribution in [2.75, 3.05) is 5.32 Å². The van der Waals surface area contributed by atoms with Gasteiger partial charge >= 0.3 is 6.09 Å². The summed E-state index contributed by atoms with van der Waals surface area (Å²) in [6, 6.07) is 14.1. The molecule has 0 aliphatic rings. The Kier molecular flexibility index (Phi) is 8.52. The highest BCUT2D eigenvalue weighted by molar-refractivity contribution is 6.35. The molecule has 0 aliphatic heterocycles. The van der Waals surface area contributed by atoms with Crippen LogP contribution in [0.15, 0.2) is 48.5 Å². The molecule has 8 heteroatoms. The first-order chi connectivity index (χ1) is 11.0. The van der Waals surface area contributed by atoms with E-state index in [1.165, 1.54) is 18.2 Å². The highest BCUT2D eigenvalue weighted by atomic mass is 35.5. The minimum atomic E-state index is -1.15. The zero-order chi connectivity index (χ0) is 17.1. The lowest BCUT2D eigenvalue weighted by molar-refractivity contribution is -0.121. The second-order valence-corrected chi connectivity index (χ2v) is 4.97. The molecular weight excluding hydrogens is 343 g/mol. The maximum atomic E-state index is 10.2. The maximum absolute atomic E-state index is 10.2. The quantitative estimate of drug-likeness (QED) is 0.430. The van der Waals surface area contributed by atoms with Gasteiger partial charge in [-0.2, -0.15) is 0 Å². The van der Waals surface area contributed by atoms with Crippen LogP contribution >= 0.6 is 23.2 Å². The van der Waals surface area contributed by atoms with Gasteiger partial charge in [0, 0.05) is 15.7 Å². The first kappa shape index (κ1) is 18.8. The van der Waals surface area contributed by atoms with E-state index in [1.807, 2.05) is 30.3 Å². The van der Waals surface area contributed by atoms with Crippen LogP contribution in [0.3, 0.4) is 0 Å². The van der Waals surface area contributed by atoms with E-state index in [1.54, 1.807) is 0 Å². The molecule has 23 heavy (non-hydrogen) atoms. The van der Waals surface area contributed by atoms with E-state index in [-0.39, 0.29) is 0 Å². The van der Waals surface area contributed by atoms with Gasteiger partial charge in [0.1, 0.15) is 0 Å². The molecule has 3 N–H and O–H groups in total. The number of nitrogens with one attached hydrogen (secondary N) is 2. The number of hydrogen-bond acceptors (Lipinski definition) is 3. The second-order valence-electron chi connectivity index (χ2n) is 4.10. The summed E-state index contributed by atoms with van der Waals surface area (Å²) in [6.07, 6.45) is -0.642. The van der Waals surface area contributed by atoms with Gasteiger partial charge in [0.25, 0.3) is 0 Å². The van der Waals surface area contributed by atoms with Crippen molar-refractivity contribution in [2.24, 2.45) is 0 Å². The van der Waals surface area contributed by atoms with Crippen LogP contribution in [0.2, 0.25) is 10.0 Å². The Morgan fingerprint density at radius 2 is 1.74 bits per heavy atom. The van der Waals surface area contributed by atoms with Crippen molar-refractivity contribution in [1.29, 1.82) is 0 Å². The van der Waals surface area contributed by atoms with Crippen LogP contribution < -0.4 is 10.8 Å². The number of carbonyl (C=O) groups excluding carboxylic acids is 1. The number of carboxylic acid groups (broad SMARTS) is 1. The van der Waals surface area contributed by atoms with Gasteiger partial charge in [0.05, 0.1) is 6.61 Å². The molecule has 0 heterocycles. The third-order valence-electron chi connectivity index (χ3n) is 2.33. The van der Waals surface area contributed by atoms with Crippen molar-refractivity contribution >= 4 is 41.4 Å². The summed E-state index contributed by atoms with van der Waals surface area (Å²) in [5.74, 6) is 0. The largest absolute Gasteiger partial charge is 0.465 e. The molecule has 2 amide bonds. The number of hydroxylamine groups is 1. The van der Waals surface area contributed by atoms with Crippen LogP contribution in [-0.2, 0) is 16.2 Å². The summed E-state index contributed by atoms with van der Waals surface area (Å²) in [6.45, 7) is 0.402. The fourth-order valence-electron chi connectivity index (χ4n) is 1.48. The second kappa shape index (κ2) is 10.4. The minimum absolute atomic E-state index is 0.361. The van der Waals surface area contributed by atoms with Crippen LogP contribution in [0.5, 0.6) is 0 Å². The summed E-state index contributed by atoms with van der Waals surface area (Å²) >= 11 is 11.2. The topological polar surface area (TPSA) is 87.7 Å². The number of amides is 2. The maximum Gasteiger partial charge on any atom is 0.409 e.